The fourth-order valence-corrected chi connectivity index (χ4v) is 4.23. The zero-order valence-electron chi connectivity index (χ0n) is 22.2. The van der Waals surface area contributed by atoms with Crippen LogP contribution in [-0.2, 0) is 13.1 Å². The van der Waals surface area contributed by atoms with Gasteiger partial charge in [-0.1, -0.05) is 42.0 Å². The molecule has 4 rings (SSSR count). The van der Waals surface area contributed by atoms with E-state index in [-0.39, 0.29) is 11.7 Å². The van der Waals surface area contributed by atoms with Gasteiger partial charge in [0, 0.05) is 49.9 Å². The van der Waals surface area contributed by atoms with Crippen molar-refractivity contribution in [1.29, 1.82) is 0 Å². The fraction of sp³-hybridized carbons (Fsp3) is 0.367. The summed E-state index contributed by atoms with van der Waals surface area (Å²) in [6, 6.07) is 21.1. The van der Waals surface area contributed by atoms with E-state index in [9.17, 15) is 9.18 Å². The first-order valence-electron chi connectivity index (χ1n) is 12.7. The van der Waals surface area contributed by atoms with Crippen molar-refractivity contribution in [3.8, 4) is 11.1 Å². The first-order valence-corrected chi connectivity index (χ1v) is 12.7. The minimum atomic E-state index is -0.258. The molecule has 1 aliphatic heterocycles. The first kappa shape index (κ1) is 27.5. The Hall–Kier alpha value is -3.06. The Morgan fingerprint density at radius 2 is 1.81 bits per heavy atom. The van der Waals surface area contributed by atoms with Crippen molar-refractivity contribution in [2.45, 2.75) is 33.0 Å². The number of nitrogens with one attached hydrogen (secondary N) is 3. The van der Waals surface area contributed by atoms with Crippen molar-refractivity contribution >= 4 is 5.91 Å². The molecule has 1 fully saturated rings. The van der Waals surface area contributed by atoms with Crippen LogP contribution < -0.4 is 15.5 Å². The van der Waals surface area contributed by atoms with Crippen LogP contribution in [0.5, 0.6) is 0 Å². The number of hydrogen-bond acceptors (Lipinski definition) is 3. The molecule has 0 bridgehead atoms. The molecule has 1 saturated heterocycles. The molecule has 0 spiro atoms. The zero-order chi connectivity index (χ0) is 26.1. The summed E-state index contributed by atoms with van der Waals surface area (Å²) in [7, 11) is 6.25. The van der Waals surface area contributed by atoms with Gasteiger partial charge in [0.2, 0.25) is 0 Å². The SMILES string of the molecule is C[NH+](C)C.Cc1cccc(C(=O)NCc2ccc(F)c(-c3cccc(CN4CCNC(C)C4)c3)c2)c1. The number of benzene rings is 3. The summed E-state index contributed by atoms with van der Waals surface area (Å²) in [6.07, 6.45) is 0. The van der Waals surface area contributed by atoms with Crippen molar-refractivity contribution < 1.29 is 14.1 Å². The van der Waals surface area contributed by atoms with E-state index >= 15 is 0 Å². The minimum absolute atomic E-state index is 0.133. The standard InChI is InChI=1S/C27H30FN3O.C3H9N/c1-19-5-3-8-24(13-19)27(32)30-16-21-9-10-26(28)25(15-21)23-7-4-6-22(14-23)18-31-12-11-29-20(2)17-31;1-4(2)3/h3-10,13-15,20,29H,11-12,16-18H2,1-2H3,(H,30,32);1-3H3/p+1. The molecule has 1 atom stereocenters. The molecule has 36 heavy (non-hydrogen) atoms. The number of carbonyl (C=O) groups is 1. The Balaban J connectivity index is 0.000000840. The lowest BCUT2D eigenvalue weighted by Gasteiger charge is -2.31. The highest BCUT2D eigenvalue weighted by molar-refractivity contribution is 5.94. The molecular weight excluding hydrogens is 451 g/mol. The fourth-order valence-electron chi connectivity index (χ4n) is 4.23. The van der Waals surface area contributed by atoms with Gasteiger partial charge in [-0.05, 0) is 60.9 Å². The van der Waals surface area contributed by atoms with Gasteiger partial charge in [0.15, 0.2) is 0 Å². The summed E-state index contributed by atoms with van der Waals surface area (Å²) in [4.78, 5) is 16.3. The van der Waals surface area contributed by atoms with Crippen LogP contribution in [0, 0.1) is 12.7 Å². The summed E-state index contributed by atoms with van der Waals surface area (Å²) >= 11 is 0. The Bertz CT molecular complexity index is 1140. The second-order valence-corrected chi connectivity index (χ2v) is 10.2. The van der Waals surface area contributed by atoms with E-state index in [4.69, 9.17) is 0 Å². The number of nitrogens with zero attached hydrogens (tertiary/aromatic N) is 1. The maximum Gasteiger partial charge on any atom is 0.251 e. The molecule has 6 heteroatoms. The van der Waals surface area contributed by atoms with Crippen LogP contribution in [0.1, 0.15) is 34.0 Å². The Labute approximate surface area is 215 Å². The molecule has 5 nitrogen and oxygen atoms in total. The lowest BCUT2D eigenvalue weighted by atomic mass is 10.00. The van der Waals surface area contributed by atoms with Crippen LogP contribution >= 0.6 is 0 Å². The number of aryl methyl sites for hydroxylation is 1. The quantitative estimate of drug-likeness (QED) is 0.496. The molecule has 3 N–H and O–H groups in total. The average molecular weight is 492 g/mol. The molecule has 3 aromatic carbocycles. The maximum absolute atomic E-state index is 14.7. The average Bonchev–Trinajstić information content (AvgIpc) is 2.83. The molecule has 0 aliphatic carbocycles. The van der Waals surface area contributed by atoms with Gasteiger partial charge in [-0.15, -0.1) is 0 Å². The lowest BCUT2D eigenvalue weighted by Crippen LogP contribution is -3.02. The Morgan fingerprint density at radius 3 is 2.53 bits per heavy atom. The smallest absolute Gasteiger partial charge is 0.251 e. The van der Waals surface area contributed by atoms with Crippen molar-refractivity contribution in [3.05, 3.63) is 94.8 Å². The van der Waals surface area contributed by atoms with Gasteiger partial charge in [-0.3, -0.25) is 9.69 Å². The monoisotopic (exact) mass is 491 g/mol. The highest BCUT2D eigenvalue weighted by atomic mass is 19.1. The predicted octanol–water partition coefficient (Wildman–Crippen LogP) is 3.29. The van der Waals surface area contributed by atoms with Crippen LogP contribution in [0.15, 0.2) is 66.7 Å². The molecule has 0 radical (unpaired) electrons. The Kier molecular flexibility index (Phi) is 10.2. The van der Waals surface area contributed by atoms with Crippen LogP contribution in [-0.4, -0.2) is 57.6 Å². The summed E-state index contributed by atoms with van der Waals surface area (Å²) in [6.45, 7) is 8.37. The van der Waals surface area contributed by atoms with E-state index in [1.165, 1.54) is 16.5 Å². The van der Waals surface area contributed by atoms with Gasteiger partial charge in [0.1, 0.15) is 5.82 Å². The van der Waals surface area contributed by atoms with Crippen molar-refractivity contribution in [3.63, 3.8) is 0 Å². The van der Waals surface area contributed by atoms with E-state index in [1.54, 1.807) is 12.1 Å². The number of halogens is 1. The van der Waals surface area contributed by atoms with E-state index in [2.05, 4.69) is 55.7 Å². The molecule has 1 aliphatic rings. The third-order valence-electron chi connectivity index (χ3n) is 5.86. The van der Waals surface area contributed by atoms with Crippen molar-refractivity contribution in [2.75, 3.05) is 40.8 Å². The van der Waals surface area contributed by atoms with Gasteiger partial charge in [-0.25, -0.2) is 4.39 Å². The predicted molar refractivity (Wildman–Crippen MR) is 146 cm³/mol. The molecule has 0 saturated carbocycles. The van der Waals surface area contributed by atoms with Gasteiger partial charge in [-0.2, -0.15) is 0 Å². The molecule has 0 aromatic heterocycles. The summed E-state index contributed by atoms with van der Waals surface area (Å²) in [5, 5.41) is 6.40. The topological polar surface area (TPSA) is 48.8 Å². The largest absolute Gasteiger partial charge is 0.348 e. The molecule has 3 aromatic rings. The van der Waals surface area contributed by atoms with E-state index in [1.807, 2.05) is 43.3 Å². The Morgan fingerprint density at radius 1 is 1.06 bits per heavy atom. The van der Waals surface area contributed by atoms with Gasteiger partial charge in [0.05, 0.1) is 21.1 Å². The van der Waals surface area contributed by atoms with Gasteiger partial charge >= 0.3 is 0 Å². The normalized spacial score (nSPS) is 15.8. The number of amides is 1. The van der Waals surface area contributed by atoms with E-state index in [0.717, 1.165) is 42.9 Å². The highest BCUT2D eigenvalue weighted by Gasteiger charge is 2.16. The zero-order valence-corrected chi connectivity index (χ0v) is 22.2. The summed E-state index contributed by atoms with van der Waals surface area (Å²) < 4.78 is 14.7. The number of carbonyl (C=O) groups excluding carboxylic acids is 1. The summed E-state index contributed by atoms with van der Waals surface area (Å²) in [5.41, 5.74) is 5.12. The molecule has 1 heterocycles. The summed E-state index contributed by atoms with van der Waals surface area (Å²) in [5.74, 6) is -0.390. The van der Waals surface area contributed by atoms with Crippen molar-refractivity contribution in [1.82, 2.24) is 15.5 Å². The number of rotatable bonds is 6. The third kappa shape index (κ3) is 8.55. The number of piperazine rings is 1. The number of hydrogen-bond donors (Lipinski definition) is 3. The third-order valence-corrected chi connectivity index (χ3v) is 5.86. The second-order valence-electron chi connectivity index (χ2n) is 10.2. The lowest BCUT2D eigenvalue weighted by molar-refractivity contribution is -0.836. The minimum Gasteiger partial charge on any atom is -0.348 e. The molecule has 192 valence electrons. The van der Waals surface area contributed by atoms with E-state index in [0.29, 0.717) is 23.7 Å². The highest BCUT2D eigenvalue weighted by Crippen LogP contribution is 2.26. The van der Waals surface area contributed by atoms with Crippen molar-refractivity contribution in [2.24, 2.45) is 0 Å². The molecule has 1 amide bonds. The maximum atomic E-state index is 14.7. The first-order chi connectivity index (χ1) is 17.2. The van der Waals surface area contributed by atoms with Gasteiger partial charge < -0.3 is 15.5 Å². The van der Waals surface area contributed by atoms with E-state index < -0.39 is 0 Å². The molecular formula is C30H40FN4O+. The van der Waals surface area contributed by atoms with Crippen LogP contribution in [0.25, 0.3) is 11.1 Å². The van der Waals surface area contributed by atoms with Crippen LogP contribution in [0.3, 0.4) is 0 Å². The molecule has 1 unspecified atom stereocenters. The van der Waals surface area contributed by atoms with Crippen LogP contribution in [0.4, 0.5) is 4.39 Å². The van der Waals surface area contributed by atoms with Crippen LogP contribution in [0.2, 0.25) is 0 Å². The van der Waals surface area contributed by atoms with Gasteiger partial charge in [0.25, 0.3) is 5.91 Å². The second kappa shape index (κ2) is 13.3. The number of quaternary nitrogens is 1.